The number of halogens is 2. The summed E-state index contributed by atoms with van der Waals surface area (Å²) in [7, 11) is 0. The number of aromatic nitrogens is 1. The Morgan fingerprint density at radius 1 is 1.53 bits per heavy atom. The van der Waals surface area contributed by atoms with Crippen molar-refractivity contribution in [2.75, 3.05) is 6.54 Å². The normalized spacial score (nSPS) is 10.9. The minimum atomic E-state index is -0.687. The molecule has 15 heavy (non-hydrogen) atoms. The zero-order valence-corrected chi connectivity index (χ0v) is 8.44. The smallest absolute Gasteiger partial charge is 0.203 e. The zero-order chi connectivity index (χ0) is 11.0. The standard InChI is InChI=1S/C10H8ClFN2O/c11-6-3-1-2-5-8(7(15)4-13)10(12)14-9(5)6/h1-3,14H,4,13H2. The minimum absolute atomic E-state index is 0.0185. The van der Waals surface area contributed by atoms with Gasteiger partial charge in [-0.2, -0.15) is 4.39 Å². The number of carbonyl (C=O) groups excluding carboxylic acids is 1. The molecule has 0 spiro atoms. The van der Waals surface area contributed by atoms with Crippen molar-refractivity contribution in [1.29, 1.82) is 0 Å². The van der Waals surface area contributed by atoms with Gasteiger partial charge in [0, 0.05) is 5.39 Å². The van der Waals surface area contributed by atoms with E-state index >= 15 is 0 Å². The Balaban J connectivity index is 2.79. The second kappa shape index (κ2) is 3.64. The highest BCUT2D eigenvalue weighted by molar-refractivity contribution is 6.35. The predicted molar refractivity (Wildman–Crippen MR) is 56.7 cm³/mol. The molecule has 0 saturated carbocycles. The quantitative estimate of drug-likeness (QED) is 0.771. The van der Waals surface area contributed by atoms with E-state index in [0.29, 0.717) is 15.9 Å². The molecule has 0 aliphatic heterocycles. The van der Waals surface area contributed by atoms with E-state index in [1.54, 1.807) is 18.2 Å². The summed E-state index contributed by atoms with van der Waals surface area (Å²) in [6.45, 7) is -0.226. The number of hydrogen-bond acceptors (Lipinski definition) is 2. The molecular formula is C10H8ClFN2O. The van der Waals surface area contributed by atoms with Crippen molar-refractivity contribution in [2.45, 2.75) is 0 Å². The van der Waals surface area contributed by atoms with Crippen LogP contribution in [0.4, 0.5) is 4.39 Å². The number of nitrogens with one attached hydrogen (secondary N) is 1. The summed E-state index contributed by atoms with van der Waals surface area (Å²) in [5, 5.41) is 0.845. The molecule has 0 aliphatic carbocycles. The summed E-state index contributed by atoms with van der Waals surface area (Å²) >= 11 is 5.85. The van der Waals surface area contributed by atoms with Gasteiger partial charge >= 0.3 is 0 Å². The van der Waals surface area contributed by atoms with Gasteiger partial charge in [0.2, 0.25) is 5.95 Å². The molecule has 0 amide bonds. The van der Waals surface area contributed by atoms with Crippen LogP contribution in [0.1, 0.15) is 10.4 Å². The highest BCUT2D eigenvalue weighted by Crippen LogP contribution is 2.27. The maximum Gasteiger partial charge on any atom is 0.203 e. The number of Topliss-reactive ketones (excluding diaryl/α,β-unsaturated/α-hetero) is 1. The number of para-hydroxylation sites is 1. The van der Waals surface area contributed by atoms with Crippen LogP contribution in [0.5, 0.6) is 0 Å². The fraction of sp³-hybridized carbons (Fsp3) is 0.100. The Morgan fingerprint density at radius 3 is 2.93 bits per heavy atom. The molecule has 2 aromatic rings. The van der Waals surface area contributed by atoms with Gasteiger partial charge < -0.3 is 10.7 Å². The molecule has 0 radical (unpaired) electrons. The number of nitrogens with two attached hydrogens (primary N) is 1. The van der Waals surface area contributed by atoms with E-state index in [0.717, 1.165) is 0 Å². The van der Waals surface area contributed by atoms with Crippen LogP contribution in [0, 0.1) is 5.95 Å². The summed E-state index contributed by atoms with van der Waals surface area (Å²) in [6.07, 6.45) is 0. The first-order valence-electron chi connectivity index (χ1n) is 4.34. The molecule has 1 aromatic carbocycles. The first-order chi connectivity index (χ1) is 7.15. The fourth-order valence-corrected chi connectivity index (χ4v) is 1.75. The van der Waals surface area contributed by atoms with Crippen LogP contribution in [-0.4, -0.2) is 17.3 Å². The number of aromatic amines is 1. The summed E-state index contributed by atoms with van der Waals surface area (Å²) in [6, 6.07) is 4.91. The number of benzene rings is 1. The van der Waals surface area contributed by atoms with Crippen molar-refractivity contribution in [3.8, 4) is 0 Å². The van der Waals surface area contributed by atoms with Gasteiger partial charge in [0.05, 0.1) is 22.6 Å². The van der Waals surface area contributed by atoms with Crippen LogP contribution in [0.25, 0.3) is 10.9 Å². The van der Waals surface area contributed by atoms with Gasteiger partial charge in [-0.05, 0) is 6.07 Å². The molecular weight excluding hydrogens is 219 g/mol. The molecule has 1 aromatic heterocycles. The third-order valence-corrected chi connectivity index (χ3v) is 2.52. The van der Waals surface area contributed by atoms with Crippen molar-refractivity contribution in [3.05, 3.63) is 34.7 Å². The Hall–Kier alpha value is -1.39. The molecule has 2 rings (SSSR count). The molecule has 0 aliphatic rings. The Labute approximate surface area is 90.0 Å². The monoisotopic (exact) mass is 226 g/mol. The number of hydrogen-bond donors (Lipinski definition) is 2. The molecule has 3 N–H and O–H groups in total. The van der Waals surface area contributed by atoms with Crippen LogP contribution in [0.15, 0.2) is 18.2 Å². The molecule has 0 unspecified atom stereocenters. The molecule has 5 heteroatoms. The third-order valence-electron chi connectivity index (χ3n) is 2.20. The second-order valence-corrected chi connectivity index (χ2v) is 3.51. The number of fused-ring (bicyclic) bond motifs is 1. The first-order valence-corrected chi connectivity index (χ1v) is 4.72. The molecule has 3 nitrogen and oxygen atoms in total. The summed E-state index contributed by atoms with van der Waals surface area (Å²) in [4.78, 5) is 13.8. The first kappa shape index (κ1) is 10.1. The van der Waals surface area contributed by atoms with Gasteiger partial charge in [0.1, 0.15) is 0 Å². The van der Waals surface area contributed by atoms with E-state index in [-0.39, 0.29) is 12.1 Å². The van der Waals surface area contributed by atoms with E-state index in [1.807, 2.05) is 0 Å². The van der Waals surface area contributed by atoms with Gasteiger partial charge in [-0.15, -0.1) is 0 Å². The highest BCUT2D eigenvalue weighted by atomic mass is 35.5. The molecule has 78 valence electrons. The average Bonchev–Trinajstić information content (AvgIpc) is 2.55. The lowest BCUT2D eigenvalue weighted by Gasteiger charge is -1.95. The maximum atomic E-state index is 13.4. The lowest BCUT2D eigenvalue weighted by Crippen LogP contribution is -2.14. The molecule has 1 heterocycles. The highest BCUT2D eigenvalue weighted by Gasteiger charge is 2.18. The largest absolute Gasteiger partial charge is 0.330 e. The number of carbonyl (C=O) groups is 1. The average molecular weight is 227 g/mol. The van der Waals surface area contributed by atoms with Crippen LogP contribution >= 0.6 is 11.6 Å². The maximum absolute atomic E-state index is 13.4. The van der Waals surface area contributed by atoms with Crippen molar-refractivity contribution in [2.24, 2.45) is 5.73 Å². The number of H-pyrrole nitrogens is 1. The topological polar surface area (TPSA) is 58.9 Å². The summed E-state index contributed by atoms with van der Waals surface area (Å²) in [5.74, 6) is -1.13. The predicted octanol–water partition coefficient (Wildman–Crippen LogP) is 2.10. The SMILES string of the molecule is NCC(=O)c1c(F)[nH]c2c(Cl)cccc12. The minimum Gasteiger partial charge on any atom is -0.330 e. The van der Waals surface area contributed by atoms with Gasteiger partial charge in [-0.25, -0.2) is 0 Å². The van der Waals surface area contributed by atoms with E-state index in [1.165, 1.54) is 0 Å². The lowest BCUT2D eigenvalue weighted by molar-refractivity contribution is 0.0999. The molecule has 0 bridgehead atoms. The lowest BCUT2D eigenvalue weighted by atomic mass is 10.1. The summed E-state index contributed by atoms with van der Waals surface area (Å²) in [5.41, 5.74) is 5.60. The Bertz CT molecular complexity index is 535. The van der Waals surface area contributed by atoms with Crippen LogP contribution in [0.2, 0.25) is 5.02 Å². The third kappa shape index (κ3) is 1.52. The van der Waals surface area contributed by atoms with E-state index in [9.17, 15) is 9.18 Å². The van der Waals surface area contributed by atoms with Gasteiger partial charge in [0.15, 0.2) is 5.78 Å². The summed E-state index contributed by atoms with van der Waals surface area (Å²) < 4.78 is 13.4. The Kier molecular flexibility index (Phi) is 2.46. The molecule has 0 fully saturated rings. The van der Waals surface area contributed by atoms with Crippen molar-refractivity contribution >= 4 is 28.3 Å². The fourth-order valence-electron chi connectivity index (χ4n) is 1.52. The van der Waals surface area contributed by atoms with Crippen molar-refractivity contribution in [1.82, 2.24) is 4.98 Å². The number of rotatable bonds is 2. The van der Waals surface area contributed by atoms with Crippen molar-refractivity contribution < 1.29 is 9.18 Å². The zero-order valence-electron chi connectivity index (χ0n) is 7.68. The molecule has 0 atom stereocenters. The van der Waals surface area contributed by atoms with Crippen LogP contribution in [0.3, 0.4) is 0 Å². The number of ketones is 1. The van der Waals surface area contributed by atoms with Crippen LogP contribution < -0.4 is 5.73 Å². The van der Waals surface area contributed by atoms with E-state index < -0.39 is 11.7 Å². The Morgan fingerprint density at radius 2 is 2.27 bits per heavy atom. The molecule has 0 saturated heterocycles. The van der Waals surface area contributed by atoms with Gasteiger partial charge in [-0.1, -0.05) is 23.7 Å². The van der Waals surface area contributed by atoms with Gasteiger partial charge in [-0.3, -0.25) is 4.79 Å². The second-order valence-electron chi connectivity index (χ2n) is 3.10. The van der Waals surface area contributed by atoms with Gasteiger partial charge in [0.25, 0.3) is 0 Å². The van der Waals surface area contributed by atoms with E-state index in [4.69, 9.17) is 17.3 Å². The van der Waals surface area contributed by atoms with Crippen LogP contribution in [-0.2, 0) is 0 Å². The van der Waals surface area contributed by atoms with Crippen molar-refractivity contribution in [3.63, 3.8) is 0 Å². The van der Waals surface area contributed by atoms with E-state index in [2.05, 4.69) is 4.98 Å².